The molecule has 5 nitrogen and oxygen atoms in total. The van der Waals surface area contributed by atoms with Crippen molar-refractivity contribution in [3.8, 4) is 11.1 Å². The number of benzene rings is 1. The fourth-order valence-corrected chi connectivity index (χ4v) is 2.94. The zero-order valence-electron chi connectivity index (χ0n) is 12.0. The molecular formula is C16H17N5. The molecule has 2 aromatic heterocycles. The molecule has 4 rings (SSSR count). The van der Waals surface area contributed by atoms with E-state index in [-0.39, 0.29) is 0 Å². The van der Waals surface area contributed by atoms with Crippen LogP contribution in [0.5, 0.6) is 0 Å². The number of aromatic amines is 1. The van der Waals surface area contributed by atoms with Crippen LogP contribution in [-0.4, -0.2) is 26.3 Å². The maximum absolute atomic E-state index is 4.26. The van der Waals surface area contributed by atoms with Gasteiger partial charge < -0.3 is 9.88 Å². The van der Waals surface area contributed by atoms with E-state index in [1.807, 2.05) is 24.1 Å². The van der Waals surface area contributed by atoms with Gasteiger partial charge in [-0.25, -0.2) is 4.98 Å². The highest BCUT2D eigenvalue weighted by molar-refractivity contribution is 5.71. The smallest absolute Gasteiger partial charge is 0.0922 e. The summed E-state index contributed by atoms with van der Waals surface area (Å²) in [4.78, 5) is 9.68. The predicted molar refractivity (Wildman–Crippen MR) is 82.0 cm³/mol. The molecule has 21 heavy (non-hydrogen) atoms. The van der Waals surface area contributed by atoms with Crippen LogP contribution in [0.25, 0.3) is 11.1 Å². The Labute approximate surface area is 123 Å². The Bertz CT molecular complexity index is 757. The number of nitrogens with zero attached hydrogens (tertiary/aromatic N) is 4. The van der Waals surface area contributed by atoms with E-state index >= 15 is 0 Å². The first-order valence-electron chi connectivity index (χ1n) is 7.14. The number of imidazole rings is 1. The zero-order valence-corrected chi connectivity index (χ0v) is 12.0. The summed E-state index contributed by atoms with van der Waals surface area (Å²) in [5.74, 6) is 0. The minimum Gasteiger partial charge on any atom is -0.365 e. The van der Waals surface area contributed by atoms with Crippen molar-refractivity contribution in [2.75, 3.05) is 11.4 Å². The van der Waals surface area contributed by atoms with Crippen molar-refractivity contribution in [2.45, 2.75) is 13.0 Å². The molecule has 106 valence electrons. The first-order chi connectivity index (χ1) is 10.3. The molecule has 0 aliphatic carbocycles. The van der Waals surface area contributed by atoms with E-state index in [0.717, 1.165) is 30.8 Å². The number of aromatic nitrogens is 4. The SMILES string of the molecule is Cn1cc(-c2ccc3c(c2)N(Cc2cnc[nH]2)CC3)cn1. The molecular weight excluding hydrogens is 262 g/mol. The molecule has 0 unspecified atom stereocenters. The number of hydrogen-bond acceptors (Lipinski definition) is 3. The normalized spacial score (nSPS) is 13.7. The first kappa shape index (κ1) is 12.2. The highest BCUT2D eigenvalue weighted by Gasteiger charge is 2.20. The third-order valence-corrected chi connectivity index (χ3v) is 4.03. The van der Waals surface area contributed by atoms with E-state index in [1.165, 1.54) is 16.8 Å². The molecule has 3 heterocycles. The van der Waals surface area contributed by atoms with Crippen molar-refractivity contribution in [3.63, 3.8) is 0 Å². The van der Waals surface area contributed by atoms with Crippen molar-refractivity contribution in [1.29, 1.82) is 0 Å². The summed E-state index contributed by atoms with van der Waals surface area (Å²) in [5.41, 5.74) is 6.27. The summed E-state index contributed by atoms with van der Waals surface area (Å²) in [6.45, 7) is 1.94. The van der Waals surface area contributed by atoms with Crippen molar-refractivity contribution >= 4 is 5.69 Å². The summed E-state index contributed by atoms with van der Waals surface area (Å²) in [6, 6.07) is 6.70. The number of aryl methyl sites for hydroxylation is 1. The maximum atomic E-state index is 4.26. The molecule has 1 aliphatic rings. The largest absolute Gasteiger partial charge is 0.365 e. The van der Waals surface area contributed by atoms with Crippen LogP contribution in [0.4, 0.5) is 5.69 Å². The third kappa shape index (κ3) is 2.20. The molecule has 1 aliphatic heterocycles. The molecule has 1 aromatic carbocycles. The van der Waals surface area contributed by atoms with Crippen molar-refractivity contribution in [2.24, 2.45) is 7.05 Å². The molecule has 0 saturated heterocycles. The lowest BCUT2D eigenvalue weighted by molar-refractivity contribution is 0.768. The van der Waals surface area contributed by atoms with Gasteiger partial charge in [-0.05, 0) is 23.6 Å². The number of nitrogens with one attached hydrogen (secondary N) is 1. The Hall–Kier alpha value is -2.56. The third-order valence-electron chi connectivity index (χ3n) is 4.03. The Morgan fingerprint density at radius 2 is 2.19 bits per heavy atom. The molecule has 1 N–H and O–H groups in total. The number of anilines is 1. The molecule has 0 bridgehead atoms. The molecule has 0 amide bonds. The van der Waals surface area contributed by atoms with Crippen molar-refractivity contribution < 1.29 is 0 Å². The topological polar surface area (TPSA) is 49.7 Å². The lowest BCUT2D eigenvalue weighted by atomic mass is 10.1. The van der Waals surface area contributed by atoms with Crippen LogP contribution in [0.2, 0.25) is 0 Å². The van der Waals surface area contributed by atoms with Crippen LogP contribution >= 0.6 is 0 Å². The Morgan fingerprint density at radius 1 is 1.24 bits per heavy atom. The van der Waals surface area contributed by atoms with Gasteiger partial charge in [0.25, 0.3) is 0 Å². The number of rotatable bonds is 3. The van der Waals surface area contributed by atoms with Gasteiger partial charge in [-0.3, -0.25) is 4.68 Å². The van der Waals surface area contributed by atoms with Gasteiger partial charge in [-0.1, -0.05) is 12.1 Å². The maximum Gasteiger partial charge on any atom is 0.0922 e. The Balaban J connectivity index is 1.67. The van der Waals surface area contributed by atoms with Gasteiger partial charge in [0.05, 0.1) is 24.8 Å². The van der Waals surface area contributed by atoms with Gasteiger partial charge in [-0.15, -0.1) is 0 Å². The number of hydrogen-bond donors (Lipinski definition) is 1. The van der Waals surface area contributed by atoms with Gasteiger partial charge in [0.15, 0.2) is 0 Å². The van der Waals surface area contributed by atoms with Gasteiger partial charge in [-0.2, -0.15) is 5.10 Å². The van der Waals surface area contributed by atoms with Crippen molar-refractivity contribution in [1.82, 2.24) is 19.7 Å². The van der Waals surface area contributed by atoms with Gasteiger partial charge in [0, 0.05) is 37.2 Å². The van der Waals surface area contributed by atoms with Gasteiger partial charge in [0.2, 0.25) is 0 Å². The summed E-state index contributed by atoms with van der Waals surface area (Å²) in [6.07, 6.45) is 8.70. The second-order valence-corrected chi connectivity index (χ2v) is 5.49. The Kier molecular flexibility index (Phi) is 2.77. The van der Waals surface area contributed by atoms with E-state index < -0.39 is 0 Å². The van der Waals surface area contributed by atoms with E-state index in [4.69, 9.17) is 0 Å². The lowest BCUT2D eigenvalue weighted by Gasteiger charge is -2.19. The minimum atomic E-state index is 0.878. The second kappa shape index (κ2) is 4.77. The van der Waals surface area contributed by atoms with E-state index in [0.29, 0.717) is 0 Å². The summed E-state index contributed by atoms with van der Waals surface area (Å²) >= 11 is 0. The van der Waals surface area contributed by atoms with Crippen LogP contribution in [0.15, 0.2) is 43.1 Å². The quantitative estimate of drug-likeness (QED) is 0.801. The summed E-state index contributed by atoms with van der Waals surface area (Å²) in [7, 11) is 1.95. The second-order valence-electron chi connectivity index (χ2n) is 5.49. The molecule has 0 fully saturated rings. The van der Waals surface area contributed by atoms with E-state index in [2.05, 4.69) is 44.4 Å². The molecule has 3 aromatic rings. The number of fused-ring (bicyclic) bond motifs is 1. The fourth-order valence-electron chi connectivity index (χ4n) is 2.94. The van der Waals surface area contributed by atoms with Gasteiger partial charge >= 0.3 is 0 Å². The summed E-state index contributed by atoms with van der Waals surface area (Å²) in [5, 5.41) is 4.26. The van der Waals surface area contributed by atoms with E-state index in [9.17, 15) is 0 Å². The van der Waals surface area contributed by atoms with Crippen LogP contribution in [0, 0.1) is 0 Å². The average Bonchev–Trinajstić information content (AvgIpc) is 3.21. The van der Waals surface area contributed by atoms with Crippen LogP contribution in [0.3, 0.4) is 0 Å². The average molecular weight is 279 g/mol. The molecule has 0 spiro atoms. The molecule has 0 atom stereocenters. The highest BCUT2D eigenvalue weighted by Crippen LogP contribution is 2.33. The van der Waals surface area contributed by atoms with Gasteiger partial charge in [0.1, 0.15) is 0 Å². The van der Waals surface area contributed by atoms with Crippen LogP contribution < -0.4 is 4.90 Å². The standard InChI is InChI=1S/C16H17N5/c1-20-9-14(7-19-20)13-3-2-12-4-5-21(16(12)6-13)10-15-8-17-11-18-15/h2-3,6-9,11H,4-5,10H2,1H3,(H,17,18). The van der Waals surface area contributed by atoms with Crippen LogP contribution in [0.1, 0.15) is 11.3 Å². The van der Waals surface area contributed by atoms with E-state index in [1.54, 1.807) is 6.33 Å². The fraction of sp³-hybridized carbons (Fsp3) is 0.250. The molecule has 5 heteroatoms. The molecule has 0 saturated carbocycles. The zero-order chi connectivity index (χ0) is 14.2. The lowest BCUT2D eigenvalue weighted by Crippen LogP contribution is -2.19. The van der Waals surface area contributed by atoms with Crippen LogP contribution in [-0.2, 0) is 20.0 Å². The van der Waals surface area contributed by atoms with Crippen molar-refractivity contribution in [3.05, 3.63) is 54.4 Å². The predicted octanol–water partition coefficient (Wildman–Crippen LogP) is 2.37. The first-order valence-corrected chi connectivity index (χ1v) is 7.14. The summed E-state index contributed by atoms with van der Waals surface area (Å²) < 4.78 is 1.84. The monoisotopic (exact) mass is 279 g/mol. The Morgan fingerprint density at radius 3 is 2.95 bits per heavy atom. The number of H-pyrrole nitrogens is 1. The minimum absolute atomic E-state index is 0.878. The molecule has 0 radical (unpaired) electrons. The highest BCUT2D eigenvalue weighted by atomic mass is 15.2.